The molecule has 1 rings (SSSR count). The highest BCUT2D eigenvalue weighted by Crippen LogP contribution is 2.28. The van der Waals surface area contributed by atoms with Crippen molar-refractivity contribution in [1.29, 1.82) is 0 Å². The predicted molar refractivity (Wildman–Crippen MR) is 76.6 cm³/mol. The molecule has 10 nitrogen and oxygen atoms in total. The van der Waals surface area contributed by atoms with Crippen molar-refractivity contribution >= 4 is 44.7 Å². The quantitative estimate of drug-likeness (QED) is 0.268. The molecule has 1 N–H and O–H groups in total. The Morgan fingerprint density at radius 1 is 1.38 bits per heavy atom. The Balaban J connectivity index is 3.13. The van der Waals surface area contributed by atoms with Crippen LogP contribution in [0, 0.1) is 20.2 Å². The summed E-state index contributed by atoms with van der Waals surface area (Å²) < 4.78 is 4.46. The van der Waals surface area contributed by atoms with Gasteiger partial charge in [-0.2, -0.15) is 5.10 Å². The number of methoxy groups -OCH3 is 1. The zero-order valence-electron chi connectivity index (χ0n) is 10.6. The second-order valence-corrected chi connectivity index (χ2v) is 4.07. The van der Waals surface area contributed by atoms with Gasteiger partial charge in [0.1, 0.15) is 5.69 Å². The highest BCUT2D eigenvalue weighted by atomic mass is 79.9. The maximum Gasteiger partial charge on any atom is 0.355 e. The number of rotatable bonds is 6. The van der Waals surface area contributed by atoms with Crippen LogP contribution in [0.2, 0.25) is 0 Å². The molecule has 0 amide bonds. The average Bonchev–Trinajstić information content (AvgIpc) is 2.47. The molecule has 11 heteroatoms. The molecule has 1 aromatic carbocycles. The maximum absolute atomic E-state index is 11.3. The number of carbonyl (C=O) groups excluding carboxylic acids is 1. The first-order valence-corrected chi connectivity index (χ1v) is 6.42. The van der Waals surface area contributed by atoms with Crippen molar-refractivity contribution in [3.05, 3.63) is 38.4 Å². The lowest BCUT2D eigenvalue weighted by molar-refractivity contribution is -0.393. The molecule has 0 bridgehead atoms. The van der Waals surface area contributed by atoms with Gasteiger partial charge in [-0.1, -0.05) is 15.9 Å². The minimum atomic E-state index is -0.795. The fourth-order valence-corrected chi connectivity index (χ4v) is 1.61. The molecule has 1 aromatic rings. The summed E-state index contributed by atoms with van der Waals surface area (Å²) >= 11 is 3.01. The lowest BCUT2D eigenvalue weighted by Gasteiger charge is -2.04. The van der Waals surface area contributed by atoms with E-state index >= 15 is 0 Å². The summed E-state index contributed by atoms with van der Waals surface area (Å²) in [6.07, 6.45) is 0. The molecule has 0 saturated carbocycles. The molecule has 0 aromatic heterocycles. The van der Waals surface area contributed by atoms with E-state index in [1.807, 2.05) is 0 Å². The van der Waals surface area contributed by atoms with Gasteiger partial charge in [0.2, 0.25) is 0 Å². The number of esters is 1. The van der Waals surface area contributed by atoms with Crippen molar-refractivity contribution in [3.63, 3.8) is 0 Å². The lowest BCUT2D eigenvalue weighted by atomic mass is 10.2. The van der Waals surface area contributed by atoms with Crippen LogP contribution in [0.15, 0.2) is 23.3 Å². The van der Waals surface area contributed by atoms with Crippen LogP contribution in [0.5, 0.6) is 0 Å². The van der Waals surface area contributed by atoms with Crippen LogP contribution < -0.4 is 5.43 Å². The molecule has 0 aliphatic carbocycles. The molecule has 0 aliphatic heterocycles. The summed E-state index contributed by atoms with van der Waals surface area (Å²) in [5, 5.41) is 25.2. The summed E-state index contributed by atoms with van der Waals surface area (Å²) in [5.41, 5.74) is 1.22. The summed E-state index contributed by atoms with van der Waals surface area (Å²) in [6.45, 7) is 0. The molecule has 0 fully saturated rings. The second-order valence-electron chi connectivity index (χ2n) is 3.51. The van der Waals surface area contributed by atoms with Crippen molar-refractivity contribution in [2.75, 3.05) is 17.9 Å². The zero-order chi connectivity index (χ0) is 16.0. The average molecular weight is 361 g/mol. The number of nitrogens with one attached hydrogen (secondary N) is 1. The molecule has 0 aliphatic rings. The third-order valence-electron chi connectivity index (χ3n) is 2.25. The van der Waals surface area contributed by atoms with Gasteiger partial charge in [-0.15, -0.1) is 0 Å². The number of ether oxygens (including phenoxy) is 1. The fraction of sp³-hybridized carbons (Fsp3) is 0.200. The highest BCUT2D eigenvalue weighted by Gasteiger charge is 2.19. The topological polar surface area (TPSA) is 137 Å². The van der Waals surface area contributed by atoms with E-state index in [2.05, 4.69) is 31.2 Å². The highest BCUT2D eigenvalue weighted by molar-refractivity contribution is 9.09. The Bertz CT molecular complexity index is 618. The number of nitrogens with zero attached hydrogens (tertiary/aromatic N) is 3. The predicted octanol–water partition coefficient (Wildman–Crippen LogP) is 1.84. The Kier molecular flexibility index (Phi) is 5.72. The van der Waals surface area contributed by atoms with E-state index in [-0.39, 0.29) is 16.7 Å². The van der Waals surface area contributed by atoms with Gasteiger partial charge < -0.3 is 4.74 Å². The molecular formula is C10H9BrN4O6. The van der Waals surface area contributed by atoms with Gasteiger partial charge in [0.15, 0.2) is 5.71 Å². The number of hydrogen-bond donors (Lipinski definition) is 1. The Hall–Kier alpha value is -2.56. The van der Waals surface area contributed by atoms with Crippen LogP contribution in [0.3, 0.4) is 0 Å². The third-order valence-corrected chi connectivity index (χ3v) is 2.78. The van der Waals surface area contributed by atoms with E-state index in [4.69, 9.17) is 0 Å². The van der Waals surface area contributed by atoms with Gasteiger partial charge >= 0.3 is 11.7 Å². The Morgan fingerprint density at radius 3 is 2.52 bits per heavy atom. The van der Waals surface area contributed by atoms with Crippen molar-refractivity contribution in [3.8, 4) is 0 Å². The minimum Gasteiger partial charge on any atom is -0.464 e. The Morgan fingerprint density at radius 2 is 2.05 bits per heavy atom. The van der Waals surface area contributed by atoms with E-state index in [1.54, 1.807) is 0 Å². The smallest absolute Gasteiger partial charge is 0.355 e. The summed E-state index contributed by atoms with van der Waals surface area (Å²) in [4.78, 5) is 31.2. The van der Waals surface area contributed by atoms with Gasteiger partial charge in [-0.3, -0.25) is 25.7 Å². The van der Waals surface area contributed by atoms with Gasteiger partial charge in [0.05, 0.1) is 28.4 Å². The molecule has 112 valence electrons. The molecular weight excluding hydrogens is 352 g/mol. The number of alkyl halides is 1. The van der Waals surface area contributed by atoms with Crippen molar-refractivity contribution in [2.24, 2.45) is 5.10 Å². The number of halogens is 1. The lowest BCUT2D eigenvalue weighted by Crippen LogP contribution is -2.18. The van der Waals surface area contributed by atoms with E-state index < -0.39 is 27.2 Å². The van der Waals surface area contributed by atoms with Crippen LogP contribution in [-0.2, 0) is 9.53 Å². The Labute approximate surface area is 126 Å². The SMILES string of the molecule is COC(=O)C(CBr)=NNc1ccc([N+](=O)[O-])cc1[N+](=O)[O-]. The van der Waals surface area contributed by atoms with Crippen molar-refractivity contribution in [2.45, 2.75) is 0 Å². The van der Waals surface area contributed by atoms with Gasteiger partial charge in [0, 0.05) is 6.07 Å². The number of carbonyl (C=O) groups is 1. The third kappa shape index (κ3) is 4.21. The number of nitro groups is 2. The molecule has 0 unspecified atom stereocenters. The first-order valence-electron chi connectivity index (χ1n) is 5.30. The van der Waals surface area contributed by atoms with E-state index in [0.29, 0.717) is 0 Å². The van der Waals surface area contributed by atoms with Crippen molar-refractivity contribution in [1.82, 2.24) is 0 Å². The normalized spacial score (nSPS) is 10.9. The fourth-order valence-electron chi connectivity index (χ4n) is 1.25. The summed E-state index contributed by atoms with van der Waals surface area (Å²) in [5.74, 6) is -0.719. The molecule has 0 radical (unpaired) electrons. The molecule has 0 atom stereocenters. The van der Waals surface area contributed by atoms with E-state index in [1.165, 1.54) is 0 Å². The first kappa shape index (κ1) is 16.5. The molecule has 0 heterocycles. The second kappa shape index (κ2) is 7.28. The van der Waals surface area contributed by atoms with Crippen LogP contribution in [-0.4, -0.2) is 34.0 Å². The number of hydrazone groups is 1. The number of non-ortho nitro benzene ring substituents is 1. The van der Waals surface area contributed by atoms with Gasteiger partial charge in [-0.05, 0) is 6.07 Å². The zero-order valence-corrected chi connectivity index (χ0v) is 12.2. The van der Waals surface area contributed by atoms with Crippen LogP contribution in [0.4, 0.5) is 17.1 Å². The largest absolute Gasteiger partial charge is 0.464 e. The van der Waals surface area contributed by atoms with Crippen LogP contribution in [0.1, 0.15) is 0 Å². The summed E-state index contributed by atoms with van der Waals surface area (Å²) in [6, 6.07) is 3.00. The molecule has 0 spiro atoms. The number of anilines is 1. The maximum atomic E-state index is 11.3. The molecule has 0 saturated heterocycles. The minimum absolute atomic E-state index is 0.0508. The molecule has 21 heavy (non-hydrogen) atoms. The standard InChI is InChI=1S/C10H9BrN4O6/c1-21-10(16)8(5-11)13-12-7-3-2-6(14(17)18)4-9(7)15(19)20/h2-4,12H,5H2,1H3. The van der Waals surface area contributed by atoms with Gasteiger partial charge in [0.25, 0.3) is 5.69 Å². The summed E-state index contributed by atoms with van der Waals surface area (Å²) in [7, 11) is 1.16. The number of nitro benzene ring substituents is 2. The van der Waals surface area contributed by atoms with E-state index in [9.17, 15) is 25.0 Å². The number of hydrogen-bond acceptors (Lipinski definition) is 8. The van der Waals surface area contributed by atoms with Gasteiger partial charge in [-0.25, -0.2) is 4.79 Å². The first-order chi connectivity index (χ1) is 9.90. The van der Waals surface area contributed by atoms with Crippen molar-refractivity contribution < 1.29 is 19.4 Å². The van der Waals surface area contributed by atoms with E-state index in [0.717, 1.165) is 25.3 Å². The monoisotopic (exact) mass is 360 g/mol. The van der Waals surface area contributed by atoms with Crippen LogP contribution >= 0.6 is 15.9 Å². The number of benzene rings is 1. The van der Waals surface area contributed by atoms with Crippen LogP contribution in [0.25, 0.3) is 0 Å².